The molecule has 8 nitrogen and oxygen atoms in total. The first kappa shape index (κ1) is 23.6. The lowest BCUT2D eigenvalue weighted by molar-refractivity contribution is -0.384. The maximum atomic E-state index is 14.0. The lowest BCUT2D eigenvalue weighted by Crippen LogP contribution is -2.29. The molecule has 0 spiro atoms. The average molecular weight is 479 g/mol. The second kappa shape index (κ2) is 8.98. The number of amides is 1. The number of benzene rings is 3. The first-order valence-electron chi connectivity index (χ1n) is 10.4. The van der Waals surface area contributed by atoms with E-state index >= 15 is 0 Å². The number of nitro benzene ring substituents is 1. The highest BCUT2D eigenvalue weighted by Gasteiger charge is 2.47. The number of ketones is 1. The minimum absolute atomic E-state index is 0.0737. The van der Waals surface area contributed by atoms with E-state index in [0.717, 1.165) is 40.9 Å². The van der Waals surface area contributed by atoms with Crippen LogP contribution in [0.5, 0.6) is 0 Å². The first-order chi connectivity index (χ1) is 16.6. The molecule has 1 amide bonds. The fourth-order valence-corrected chi connectivity index (χ4v) is 3.90. The van der Waals surface area contributed by atoms with Crippen LogP contribution in [0, 0.1) is 21.7 Å². The largest absolute Gasteiger partial charge is 0.507 e. The summed E-state index contributed by atoms with van der Waals surface area (Å²) in [5.74, 6) is -4.96. The van der Waals surface area contributed by atoms with Crippen LogP contribution in [-0.4, -0.2) is 35.8 Å². The summed E-state index contributed by atoms with van der Waals surface area (Å²) in [6.07, 6.45) is 0. The van der Waals surface area contributed by atoms with Gasteiger partial charge in [0.15, 0.2) is 11.6 Å². The average Bonchev–Trinajstić information content (AvgIpc) is 3.11. The third-order valence-electron chi connectivity index (χ3n) is 5.70. The van der Waals surface area contributed by atoms with Gasteiger partial charge in [0, 0.05) is 49.2 Å². The number of carbonyl (C=O) groups excluding carboxylic acids is 2. The molecule has 1 saturated heterocycles. The Morgan fingerprint density at radius 1 is 0.971 bits per heavy atom. The number of aliphatic hydroxyl groups excluding tert-OH is 1. The summed E-state index contributed by atoms with van der Waals surface area (Å²) in [5, 5.41) is 22.0. The van der Waals surface area contributed by atoms with Crippen LogP contribution < -0.4 is 9.80 Å². The van der Waals surface area contributed by atoms with Crippen molar-refractivity contribution in [3.05, 3.63) is 105 Å². The van der Waals surface area contributed by atoms with Gasteiger partial charge in [0.05, 0.1) is 16.5 Å². The summed E-state index contributed by atoms with van der Waals surface area (Å²) >= 11 is 0. The molecule has 35 heavy (non-hydrogen) atoms. The molecule has 1 fully saturated rings. The fraction of sp³-hybridized carbons (Fsp3) is 0.120. The maximum absolute atomic E-state index is 14.0. The van der Waals surface area contributed by atoms with E-state index in [1.54, 1.807) is 24.3 Å². The van der Waals surface area contributed by atoms with Crippen LogP contribution in [0.3, 0.4) is 0 Å². The van der Waals surface area contributed by atoms with Crippen molar-refractivity contribution in [2.24, 2.45) is 0 Å². The smallest absolute Gasteiger partial charge is 0.300 e. The number of non-ortho nitro benzene ring substituents is 1. The summed E-state index contributed by atoms with van der Waals surface area (Å²) in [4.78, 5) is 39.3. The highest BCUT2D eigenvalue weighted by Crippen LogP contribution is 2.42. The quantitative estimate of drug-likeness (QED) is 0.189. The predicted octanol–water partition coefficient (Wildman–Crippen LogP) is 4.57. The van der Waals surface area contributed by atoms with Crippen molar-refractivity contribution in [2.75, 3.05) is 23.9 Å². The van der Waals surface area contributed by atoms with Crippen molar-refractivity contribution in [3.8, 4) is 0 Å². The lowest BCUT2D eigenvalue weighted by atomic mass is 9.95. The monoisotopic (exact) mass is 479 g/mol. The molecule has 0 aliphatic carbocycles. The minimum atomic E-state index is -1.21. The van der Waals surface area contributed by atoms with Gasteiger partial charge in [0.1, 0.15) is 5.76 Å². The molecule has 1 heterocycles. The minimum Gasteiger partial charge on any atom is -0.507 e. The fourth-order valence-electron chi connectivity index (χ4n) is 3.90. The van der Waals surface area contributed by atoms with Gasteiger partial charge in [-0.1, -0.05) is 12.1 Å². The van der Waals surface area contributed by atoms with E-state index in [0.29, 0.717) is 5.56 Å². The molecule has 0 aromatic heterocycles. The van der Waals surface area contributed by atoms with Crippen molar-refractivity contribution in [3.63, 3.8) is 0 Å². The molecule has 3 aromatic rings. The van der Waals surface area contributed by atoms with E-state index in [2.05, 4.69) is 0 Å². The number of halogens is 2. The third kappa shape index (κ3) is 4.21. The Hall–Kier alpha value is -4.60. The molecule has 0 bridgehead atoms. The maximum Gasteiger partial charge on any atom is 0.300 e. The number of anilines is 2. The zero-order chi connectivity index (χ0) is 25.4. The number of carbonyl (C=O) groups is 2. The number of Topliss-reactive ketones (excluding diaryl/α,β-unsaturated/α-hetero) is 1. The van der Waals surface area contributed by atoms with E-state index < -0.39 is 40.0 Å². The molecule has 178 valence electrons. The Morgan fingerprint density at radius 3 is 2.14 bits per heavy atom. The normalized spacial score (nSPS) is 17.0. The topological polar surface area (TPSA) is 104 Å². The zero-order valence-electron chi connectivity index (χ0n) is 18.6. The van der Waals surface area contributed by atoms with Gasteiger partial charge >= 0.3 is 0 Å². The molecule has 1 aliphatic heterocycles. The van der Waals surface area contributed by atoms with E-state index in [-0.39, 0.29) is 22.5 Å². The van der Waals surface area contributed by atoms with Gasteiger partial charge in [-0.25, -0.2) is 8.78 Å². The van der Waals surface area contributed by atoms with Crippen molar-refractivity contribution in [1.82, 2.24) is 0 Å². The van der Waals surface area contributed by atoms with Crippen molar-refractivity contribution in [1.29, 1.82) is 0 Å². The van der Waals surface area contributed by atoms with Crippen molar-refractivity contribution >= 4 is 34.5 Å². The molecule has 1 aliphatic rings. The van der Waals surface area contributed by atoms with Gasteiger partial charge in [-0.3, -0.25) is 24.6 Å². The van der Waals surface area contributed by atoms with E-state index in [1.165, 1.54) is 12.1 Å². The molecule has 0 radical (unpaired) electrons. The highest BCUT2D eigenvalue weighted by atomic mass is 19.2. The standard InChI is InChI=1S/C25H19F2N3O5/c1-28(2)16-7-3-14(4-8-16)22-21(23(31)15-5-9-17(10-6-15)30(34)35)24(32)25(33)29(22)18-11-12-19(26)20(27)13-18/h3-13,22,31H,1-2H3/b23-21+. The number of hydrogen-bond acceptors (Lipinski definition) is 6. The SMILES string of the molecule is CN(C)c1ccc(C2/C(=C(\O)c3ccc([N+](=O)[O-])cc3)C(=O)C(=O)N2c2ccc(F)c(F)c2)cc1. The third-order valence-corrected chi connectivity index (χ3v) is 5.70. The number of nitrogens with zero attached hydrogens (tertiary/aromatic N) is 3. The number of rotatable bonds is 5. The highest BCUT2D eigenvalue weighted by molar-refractivity contribution is 6.51. The van der Waals surface area contributed by atoms with Crippen LogP contribution in [0.2, 0.25) is 0 Å². The Morgan fingerprint density at radius 2 is 1.60 bits per heavy atom. The summed E-state index contributed by atoms with van der Waals surface area (Å²) in [5.41, 5.74) is 0.756. The Kier molecular flexibility index (Phi) is 6.04. The van der Waals surface area contributed by atoms with Gasteiger partial charge in [0.25, 0.3) is 17.4 Å². The summed E-state index contributed by atoms with van der Waals surface area (Å²) in [7, 11) is 3.66. The van der Waals surface area contributed by atoms with Gasteiger partial charge in [-0.05, 0) is 42.0 Å². The molecule has 1 N–H and O–H groups in total. The number of nitro groups is 1. The molecule has 3 aromatic carbocycles. The zero-order valence-corrected chi connectivity index (χ0v) is 18.6. The predicted molar refractivity (Wildman–Crippen MR) is 125 cm³/mol. The lowest BCUT2D eigenvalue weighted by Gasteiger charge is -2.26. The molecular formula is C25H19F2N3O5. The van der Waals surface area contributed by atoms with Crippen LogP contribution in [0.1, 0.15) is 17.2 Å². The van der Waals surface area contributed by atoms with Crippen LogP contribution in [0.4, 0.5) is 25.8 Å². The van der Waals surface area contributed by atoms with Crippen molar-refractivity contribution in [2.45, 2.75) is 6.04 Å². The van der Waals surface area contributed by atoms with E-state index in [4.69, 9.17) is 0 Å². The summed E-state index contributed by atoms with van der Waals surface area (Å²) in [6.45, 7) is 0. The second-order valence-corrected chi connectivity index (χ2v) is 8.06. The summed E-state index contributed by atoms with van der Waals surface area (Å²) in [6, 6.07) is 13.3. The van der Waals surface area contributed by atoms with Crippen LogP contribution >= 0.6 is 0 Å². The van der Waals surface area contributed by atoms with Gasteiger partial charge in [-0.2, -0.15) is 0 Å². The van der Waals surface area contributed by atoms with Crippen LogP contribution in [0.25, 0.3) is 5.76 Å². The summed E-state index contributed by atoms with van der Waals surface area (Å²) < 4.78 is 27.6. The second-order valence-electron chi connectivity index (χ2n) is 8.06. The molecule has 0 saturated carbocycles. The number of aliphatic hydroxyl groups is 1. The Bertz CT molecular complexity index is 1370. The molecule has 1 atom stereocenters. The van der Waals surface area contributed by atoms with Crippen LogP contribution in [-0.2, 0) is 9.59 Å². The number of hydrogen-bond donors (Lipinski definition) is 1. The van der Waals surface area contributed by atoms with Crippen LogP contribution in [0.15, 0.2) is 72.3 Å². The molecule has 4 rings (SSSR count). The van der Waals surface area contributed by atoms with Crippen molar-refractivity contribution < 1.29 is 28.4 Å². The molecule has 10 heteroatoms. The van der Waals surface area contributed by atoms with E-state index in [1.807, 2.05) is 19.0 Å². The van der Waals surface area contributed by atoms with Gasteiger partial charge in [0.2, 0.25) is 0 Å². The Balaban J connectivity index is 1.91. The molecule has 1 unspecified atom stereocenters. The Labute approximate surface area is 198 Å². The van der Waals surface area contributed by atoms with E-state index in [9.17, 15) is 33.6 Å². The first-order valence-corrected chi connectivity index (χ1v) is 10.4. The van der Waals surface area contributed by atoms with Gasteiger partial charge in [-0.15, -0.1) is 0 Å². The van der Waals surface area contributed by atoms with Gasteiger partial charge < -0.3 is 10.0 Å². The molecular weight excluding hydrogens is 460 g/mol.